The van der Waals surface area contributed by atoms with Crippen molar-refractivity contribution in [3.63, 3.8) is 0 Å². The van der Waals surface area contributed by atoms with Crippen molar-refractivity contribution in [2.75, 3.05) is 37.6 Å². The molecule has 2 aromatic rings. The van der Waals surface area contributed by atoms with E-state index in [2.05, 4.69) is 22.3 Å². The van der Waals surface area contributed by atoms with Crippen LogP contribution in [-0.2, 0) is 14.8 Å². The molecule has 2 aromatic carbocycles. The van der Waals surface area contributed by atoms with Crippen molar-refractivity contribution in [2.24, 2.45) is 11.8 Å². The number of halogens is 1. The molecule has 2 heterocycles. The van der Waals surface area contributed by atoms with E-state index in [0.717, 1.165) is 31.6 Å². The average molecular weight is 446 g/mol. The van der Waals surface area contributed by atoms with Crippen LogP contribution < -0.4 is 10.2 Å². The number of hydrogen-bond donors (Lipinski definition) is 1. The summed E-state index contributed by atoms with van der Waals surface area (Å²) in [5.74, 6) is -0.213. The summed E-state index contributed by atoms with van der Waals surface area (Å²) in [6.07, 6.45) is 2.03. The maximum Gasteiger partial charge on any atom is 0.243 e. The third-order valence-corrected chi connectivity index (χ3v) is 8.16. The van der Waals surface area contributed by atoms with Crippen LogP contribution in [0.1, 0.15) is 19.3 Å². The molecule has 4 rings (SSSR count). The molecule has 1 N–H and O–H groups in total. The van der Waals surface area contributed by atoms with Gasteiger partial charge in [0.1, 0.15) is 5.82 Å². The lowest BCUT2D eigenvalue weighted by Crippen LogP contribution is -2.43. The van der Waals surface area contributed by atoms with Gasteiger partial charge in [0.25, 0.3) is 0 Å². The van der Waals surface area contributed by atoms with E-state index < -0.39 is 15.8 Å². The Morgan fingerprint density at radius 2 is 1.65 bits per heavy atom. The Kier molecular flexibility index (Phi) is 6.57. The van der Waals surface area contributed by atoms with Crippen LogP contribution in [0.2, 0.25) is 0 Å². The second kappa shape index (κ2) is 9.36. The smallest absolute Gasteiger partial charge is 0.243 e. The molecule has 2 aliphatic heterocycles. The van der Waals surface area contributed by atoms with E-state index >= 15 is 0 Å². The van der Waals surface area contributed by atoms with Crippen LogP contribution >= 0.6 is 0 Å². The fraction of sp³-hybridized carbons (Fsp3) is 0.435. The zero-order valence-corrected chi connectivity index (χ0v) is 18.2. The zero-order valence-electron chi connectivity index (χ0n) is 17.4. The number of hydrogen-bond acceptors (Lipinski definition) is 4. The number of carbonyl (C=O) groups is 1. The topological polar surface area (TPSA) is 69.7 Å². The van der Waals surface area contributed by atoms with E-state index in [1.54, 1.807) is 0 Å². The number of rotatable bonds is 6. The van der Waals surface area contributed by atoms with Crippen molar-refractivity contribution in [3.05, 3.63) is 60.4 Å². The van der Waals surface area contributed by atoms with Crippen molar-refractivity contribution in [3.8, 4) is 0 Å². The fourth-order valence-electron chi connectivity index (χ4n) is 4.38. The Hall–Kier alpha value is -2.45. The van der Waals surface area contributed by atoms with Gasteiger partial charge in [-0.05, 0) is 61.6 Å². The summed E-state index contributed by atoms with van der Waals surface area (Å²) in [7, 11) is -3.66. The van der Waals surface area contributed by atoms with Crippen LogP contribution in [0.4, 0.5) is 10.1 Å². The maximum absolute atomic E-state index is 13.1. The molecule has 0 bridgehead atoms. The summed E-state index contributed by atoms with van der Waals surface area (Å²) >= 11 is 0. The van der Waals surface area contributed by atoms with Crippen molar-refractivity contribution in [1.29, 1.82) is 0 Å². The predicted molar refractivity (Wildman–Crippen MR) is 118 cm³/mol. The number of amides is 1. The first kappa shape index (κ1) is 21.8. The molecule has 1 amide bonds. The number of nitrogens with zero attached hydrogens (tertiary/aromatic N) is 2. The molecule has 1 atom stereocenters. The Labute approximate surface area is 183 Å². The van der Waals surface area contributed by atoms with Gasteiger partial charge in [-0.3, -0.25) is 4.79 Å². The molecule has 0 saturated carbocycles. The number of benzene rings is 2. The molecule has 0 aliphatic carbocycles. The van der Waals surface area contributed by atoms with Crippen LogP contribution in [0.15, 0.2) is 59.5 Å². The molecule has 1 unspecified atom stereocenters. The lowest BCUT2D eigenvalue weighted by Gasteiger charge is -2.30. The zero-order chi connectivity index (χ0) is 21.8. The summed E-state index contributed by atoms with van der Waals surface area (Å²) in [5.41, 5.74) is 1.21. The van der Waals surface area contributed by atoms with Gasteiger partial charge in [0, 0.05) is 44.3 Å². The Bertz CT molecular complexity index is 990. The maximum atomic E-state index is 13.1. The van der Waals surface area contributed by atoms with Gasteiger partial charge in [-0.1, -0.05) is 18.2 Å². The van der Waals surface area contributed by atoms with Gasteiger partial charge in [0.2, 0.25) is 15.9 Å². The molecule has 8 heteroatoms. The third-order valence-electron chi connectivity index (χ3n) is 6.25. The second-order valence-electron chi connectivity index (χ2n) is 8.31. The van der Waals surface area contributed by atoms with E-state index in [1.807, 2.05) is 18.2 Å². The summed E-state index contributed by atoms with van der Waals surface area (Å²) < 4.78 is 39.9. The molecule has 31 heavy (non-hydrogen) atoms. The first-order chi connectivity index (χ1) is 14.9. The fourth-order valence-corrected chi connectivity index (χ4v) is 5.85. The lowest BCUT2D eigenvalue weighted by atomic mass is 9.97. The normalized spacial score (nSPS) is 20.7. The van der Waals surface area contributed by atoms with E-state index in [1.165, 1.54) is 22.1 Å². The second-order valence-corrected chi connectivity index (χ2v) is 10.3. The monoisotopic (exact) mass is 445 g/mol. The molecule has 2 fully saturated rings. The summed E-state index contributed by atoms with van der Waals surface area (Å²) in [6.45, 7) is 3.16. The van der Waals surface area contributed by atoms with Gasteiger partial charge in [0.05, 0.1) is 4.90 Å². The standard InChI is InChI=1S/C23H28FN3O3S/c24-20-6-8-22(9-7-20)31(29,30)27-14-11-19(12-15-27)23(28)25-16-18-10-13-26(17-18)21-4-2-1-3-5-21/h1-9,18-19H,10-17H2,(H,25,28). The number of sulfonamides is 1. The number of carbonyl (C=O) groups excluding carboxylic acids is 1. The van der Waals surface area contributed by atoms with Gasteiger partial charge in [-0.2, -0.15) is 4.31 Å². The molecule has 166 valence electrons. The summed E-state index contributed by atoms with van der Waals surface area (Å²) in [5, 5.41) is 3.08. The molecule has 2 aliphatic rings. The van der Waals surface area contributed by atoms with E-state index in [0.29, 0.717) is 38.4 Å². The van der Waals surface area contributed by atoms with Crippen molar-refractivity contribution in [1.82, 2.24) is 9.62 Å². The number of nitrogens with one attached hydrogen (secondary N) is 1. The molecular formula is C23H28FN3O3S. The highest BCUT2D eigenvalue weighted by molar-refractivity contribution is 7.89. The van der Waals surface area contributed by atoms with Crippen LogP contribution in [-0.4, -0.2) is 51.4 Å². The van der Waals surface area contributed by atoms with Gasteiger partial charge in [-0.25, -0.2) is 12.8 Å². The van der Waals surface area contributed by atoms with Crippen molar-refractivity contribution in [2.45, 2.75) is 24.2 Å². The highest BCUT2D eigenvalue weighted by atomic mass is 32.2. The van der Waals surface area contributed by atoms with Crippen molar-refractivity contribution < 1.29 is 17.6 Å². The summed E-state index contributed by atoms with van der Waals surface area (Å²) in [6, 6.07) is 15.1. The van der Waals surface area contributed by atoms with E-state index in [4.69, 9.17) is 0 Å². The largest absolute Gasteiger partial charge is 0.371 e. The van der Waals surface area contributed by atoms with Crippen LogP contribution in [0.25, 0.3) is 0 Å². The minimum Gasteiger partial charge on any atom is -0.371 e. The van der Waals surface area contributed by atoms with Gasteiger partial charge >= 0.3 is 0 Å². The molecule has 0 spiro atoms. The Balaban J connectivity index is 1.24. The average Bonchev–Trinajstić information content (AvgIpc) is 3.27. The highest BCUT2D eigenvalue weighted by Crippen LogP contribution is 2.25. The van der Waals surface area contributed by atoms with Crippen LogP contribution in [0.5, 0.6) is 0 Å². The molecule has 0 aromatic heterocycles. The van der Waals surface area contributed by atoms with E-state index in [9.17, 15) is 17.6 Å². The number of para-hydroxylation sites is 1. The first-order valence-corrected chi connectivity index (χ1v) is 12.2. The Morgan fingerprint density at radius 3 is 2.32 bits per heavy atom. The highest BCUT2D eigenvalue weighted by Gasteiger charge is 2.32. The first-order valence-electron chi connectivity index (χ1n) is 10.8. The number of anilines is 1. The SMILES string of the molecule is O=C(NCC1CCN(c2ccccc2)C1)C1CCN(S(=O)(=O)c2ccc(F)cc2)CC1. The molecule has 6 nitrogen and oxygen atoms in total. The lowest BCUT2D eigenvalue weighted by molar-refractivity contribution is -0.126. The minimum absolute atomic E-state index is 0.0111. The van der Waals surface area contributed by atoms with E-state index in [-0.39, 0.29) is 16.7 Å². The van der Waals surface area contributed by atoms with Crippen LogP contribution in [0, 0.1) is 17.7 Å². The molecular weight excluding hydrogens is 417 g/mol. The quantitative estimate of drug-likeness (QED) is 0.742. The summed E-state index contributed by atoms with van der Waals surface area (Å²) in [4.78, 5) is 15.1. The predicted octanol–water partition coefficient (Wildman–Crippen LogP) is 2.87. The number of piperidine rings is 1. The third kappa shape index (κ3) is 5.07. The Morgan fingerprint density at radius 1 is 0.968 bits per heavy atom. The van der Waals surface area contributed by atoms with Gasteiger partial charge in [-0.15, -0.1) is 0 Å². The van der Waals surface area contributed by atoms with Crippen LogP contribution in [0.3, 0.4) is 0 Å². The minimum atomic E-state index is -3.66. The molecule has 0 radical (unpaired) electrons. The molecule has 2 saturated heterocycles. The van der Waals surface area contributed by atoms with Gasteiger partial charge in [0.15, 0.2) is 0 Å². The van der Waals surface area contributed by atoms with Gasteiger partial charge < -0.3 is 10.2 Å². The van der Waals surface area contributed by atoms with Crippen molar-refractivity contribution >= 4 is 21.6 Å².